The van der Waals surface area contributed by atoms with E-state index in [1.165, 1.54) is 64.5 Å². The Morgan fingerprint density at radius 3 is 1.86 bits per heavy atom. The van der Waals surface area contributed by atoms with Gasteiger partial charge in [0.1, 0.15) is 0 Å². The van der Waals surface area contributed by atoms with Gasteiger partial charge in [0.15, 0.2) is 0 Å². The van der Waals surface area contributed by atoms with Gasteiger partial charge < -0.3 is 5.32 Å². The molecule has 2 aliphatic rings. The van der Waals surface area contributed by atoms with Crippen LogP contribution in [0.3, 0.4) is 0 Å². The molecule has 1 saturated heterocycles. The Labute approximate surface area is 89.7 Å². The van der Waals surface area contributed by atoms with Gasteiger partial charge in [-0.25, -0.2) is 0 Å². The average molecular weight is 197 g/mol. The average Bonchev–Trinajstić information content (AvgIpc) is 2.63. The molecule has 0 amide bonds. The summed E-state index contributed by atoms with van der Waals surface area (Å²) < 4.78 is 0. The lowest BCUT2D eigenvalue weighted by atomic mass is 9.85. The normalized spacial score (nSPS) is 26.1. The standard InChI is InChI=1S/C8H17N.C5H10/c1-8(2)4-3-6-9-7-5-8;1-2-4-5-3-1/h9H,3-7H2,1-2H3;1-5H2. The van der Waals surface area contributed by atoms with Crippen molar-refractivity contribution >= 4 is 0 Å². The second-order valence-corrected chi connectivity index (χ2v) is 5.54. The second kappa shape index (κ2) is 6.44. The largest absolute Gasteiger partial charge is 0.317 e. The van der Waals surface area contributed by atoms with Gasteiger partial charge in [-0.15, -0.1) is 0 Å². The zero-order valence-corrected chi connectivity index (χ0v) is 10.1. The molecular weight excluding hydrogens is 170 g/mol. The van der Waals surface area contributed by atoms with Crippen LogP contribution in [0.4, 0.5) is 0 Å². The summed E-state index contributed by atoms with van der Waals surface area (Å²) in [4.78, 5) is 0. The Hall–Kier alpha value is -0.0400. The van der Waals surface area contributed by atoms with E-state index >= 15 is 0 Å². The molecule has 2 rings (SSSR count). The third-order valence-electron chi connectivity index (χ3n) is 3.44. The summed E-state index contributed by atoms with van der Waals surface area (Å²) in [6.45, 7) is 7.16. The number of nitrogens with one attached hydrogen (secondary N) is 1. The van der Waals surface area contributed by atoms with Crippen molar-refractivity contribution in [2.75, 3.05) is 13.1 Å². The highest BCUT2D eigenvalue weighted by Gasteiger charge is 2.18. The van der Waals surface area contributed by atoms with Crippen molar-refractivity contribution in [3.05, 3.63) is 0 Å². The monoisotopic (exact) mass is 197 g/mol. The maximum absolute atomic E-state index is 3.40. The first-order chi connectivity index (χ1) is 6.71. The molecule has 0 atom stereocenters. The van der Waals surface area contributed by atoms with E-state index in [0.717, 1.165) is 0 Å². The SMILES string of the molecule is C1CCCC1.CC1(C)CCCNCC1. The van der Waals surface area contributed by atoms with E-state index in [1.807, 2.05) is 0 Å². The van der Waals surface area contributed by atoms with Crippen LogP contribution in [0.2, 0.25) is 0 Å². The predicted molar refractivity (Wildman–Crippen MR) is 63.6 cm³/mol. The van der Waals surface area contributed by atoms with Gasteiger partial charge in [0, 0.05) is 0 Å². The summed E-state index contributed by atoms with van der Waals surface area (Å²) in [6.07, 6.45) is 11.6. The van der Waals surface area contributed by atoms with Crippen molar-refractivity contribution in [1.29, 1.82) is 0 Å². The Kier molecular flexibility index (Phi) is 5.54. The lowest BCUT2D eigenvalue weighted by molar-refractivity contribution is 0.323. The van der Waals surface area contributed by atoms with Crippen LogP contribution in [0.1, 0.15) is 65.2 Å². The van der Waals surface area contributed by atoms with Gasteiger partial charge >= 0.3 is 0 Å². The first kappa shape index (κ1) is 12.0. The van der Waals surface area contributed by atoms with Gasteiger partial charge in [0.2, 0.25) is 0 Å². The van der Waals surface area contributed by atoms with Crippen LogP contribution in [-0.4, -0.2) is 13.1 Å². The van der Waals surface area contributed by atoms with Crippen LogP contribution in [0, 0.1) is 5.41 Å². The summed E-state index contributed by atoms with van der Waals surface area (Å²) in [6, 6.07) is 0. The van der Waals surface area contributed by atoms with Crippen molar-refractivity contribution in [1.82, 2.24) is 5.32 Å². The molecule has 14 heavy (non-hydrogen) atoms. The van der Waals surface area contributed by atoms with E-state index in [0.29, 0.717) is 5.41 Å². The van der Waals surface area contributed by atoms with Crippen molar-refractivity contribution in [3.63, 3.8) is 0 Å². The van der Waals surface area contributed by atoms with E-state index in [9.17, 15) is 0 Å². The van der Waals surface area contributed by atoms with E-state index in [4.69, 9.17) is 0 Å². The maximum atomic E-state index is 3.40. The van der Waals surface area contributed by atoms with Gasteiger partial charge in [0.25, 0.3) is 0 Å². The fourth-order valence-corrected chi connectivity index (χ4v) is 2.25. The van der Waals surface area contributed by atoms with Crippen LogP contribution in [-0.2, 0) is 0 Å². The van der Waals surface area contributed by atoms with Crippen LogP contribution in [0.15, 0.2) is 0 Å². The molecule has 1 N–H and O–H groups in total. The smallest absolute Gasteiger partial charge is 0.00438 e. The Morgan fingerprint density at radius 1 is 0.714 bits per heavy atom. The summed E-state index contributed by atoms with van der Waals surface area (Å²) >= 11 is 0. The number of hydrogen-bond acceptors (Lipinski definition) is 1. The molecule has 0 aromatic carbocycles. The highest BCUT2D eigenvalue weighted by atomic mass is 14.9. The van der Waals surface area contributed by atoms with Crippen molar-refractivity contribution in [2.45, 2.75) is 65.2 Å². The highest BCUT2D eigenvalue weighted by molar-refractivity contribution is 4.73. The maximum Gasteiger partial charge on any atom is -0.00438 e. The van der Waals surface area contributed by atoms with Crippen LogP contribution in [0.25, 0.3) is 0 Å². The number of rotatable bonds is 0. The van der Waals surface area contributed by atoms with Crippen LogP contribution in [0.5, 0.6) is 0 Å². The summed E-state index contributed by atoms with van der Waals surface area (Å²) in [7, 11) is 0. The van der Waals surface area contributed by atoms with Crippen molar-refractivity contribution in [3.8, 4) is 0 Å². The molecule has 0 bridgehead atoms. The van der Waals surface area contributed by atoms with Gasteiger partial charge in [0.05, 0.1) is 0 Å². The van der Waals surface area contributed by atoms with Gasteiger partial charge in [-0.2, -0.15) is 0 Å². The first-order valence-corrected chi connectivity index (χ1v) is 6.41. The lowest BCUT2D eigenvalue weighted by Gasteiger charge is -2.20. The molecule has 1 heteroatoms. The third kappa shape index (κ3) is 5.64. The molecule has 84 valence electrons. The summed E-state index contributed by atoms with van der Waals surface area (Å²) in [5.74, 6) is 0. The summed E-state index contributed by atoms with van der Waals surface area (Å²) in [5.41, 5.74) is 0.601. The van der Waals surface area contributed by atoms with Crippen molar-refractivity contribution in [2.24, 2.45) is 5.41 Å². The van der Waals surface area contributed by atoms with E-state index in [-0.39, 0.29) is 0 Å². The molecule has 0 spiro atoms. The first-order valence-electron chi connectivity index (χ1n) is 6.41. The Bertz CT molecular complexity index is 119. The molecule has 1 nitrogen and oxygen atoms in total. The second-order valence-electron chi connectivity index (χ2n) is 5.54. The molecule has 0 unspecified atom stereocenters. The zero-order chi connectivity index (χ0) is 10.3. The molecule has 0 radical (unpaired) electrons. The van der Waals surface area contributed by atoms with E-state index in [2.05, 4.69) is 19.2 Å². The minimum absolute atomic E-state index is 0.601. The summed E-state index contributed by atoms with van der Waals surface area (Å²) in [5, 5.41) is 3.40. The minimum Gasteiger partial charge on any atom is -0.317 e. The van der Waals surface area contributed by atoms with Gasteiger partial charge in [-0.1, -0.05) is 46.0 Å². The fraction of sp³-hybridized carbons (Fsp3) is 1.00. The molecular formula is C13H27N. The Morgan fingerprint density at radius 2 is 1.29 bits per heavy atom. The Balaban J connectivity index is 0.000000165. The third-order valence-corrected chi connectivity index (χ3v) is 3.44. The van der Waals surface area contributed by atoms with E-state index < -0.39 is 0 Å². The van der Waals surface area contributed by atoms with Gasteiger partial charge in [-0.3, -0.25) is 0 Å². The molecule has 1 saturated carbocycles. The highest BCUT2D eigenvalue weighted by Crippen LogP contribution is 2.27. The van der Waals surface area contributed by atoms with Crippen molar-refractivity contribution < 1.29 is 0 Å². The predicted octanol–water partition coefficient (Wildman–Crippen LogP) is 3.74. The van der Waals surface area contributed by atoms with Crippen LogP contribution >= 0.6 is 0 Å². The zero-order valence-electron chi connectivity index (χ0n) is 10.1. The molecule has 1 heterocycles. The molecule has 0 aromatic heterocycles. The topological polar surface area (TPSA) is 12.0 Å². The molecule has 1 aliphatic heterocycles. The van der Waals surface area contributed by atoms with Crippen LogP contribution < -0.4 is 5.32 Å². The lowest BCUT2D eigenvalue weighted by Crippen LogP contribution is -2.16. The van der Waals surface area contributed by atoms with Gasteiger partial charge in [-0.05, 0) is 37.8 Å². The van der Waals surface area contributed by atoms with E-state index in [1.54, 1.807) is 0 Å². The quantitative estimate of drug-likeness (QED) is 0.624. The molecule has 2 fully saturated rings. The number of hydrogen-bond donors (Lipinski definition) is 1. The minimum atomic E-state index is 0.601. The molecule has 1 aliphatic carbocycles. The molecule has 0 aromatic rings. The fourth-order valence-electron chi connectivity index (χ4n) is 2.25.